The molecule has 0 spiro atoms. The molecule has 2 rings (SSSR count). The maximum absolute atomic E-state index is 9.45. The van der Waals surface area contributed by atoms with E-state index in [1.54, 1.807) is 18.2 Å². The third-order valence-electron chi connectivity index (χ3n) is 2.80. The summed E-state index contributed by atoms with van der Waals surface area (Å²) < 4.78 is 11.4. The zero-order valence-corrected chi connectivity index (χ0v) is 12.1. The highest BCUT2D eigenvalue weighted by atomic mass is 35.5. The van der Waals surface area contributed by atoms with E-state index in [9.17, 15) is 5.11 Å². The van der Waals surface area contributed by atoms with Crippen LogP contribution in [0.5, 0.6) is 17.2 Å². The first kappa shape index (κ1) is 14.5. The molecule has 4 heteroatoms. The van der Waals surface area contributed by atoms with E-state index in [0.717, 1.165) is 11.1 Å². The average Bonchev–Trinajstić information content (AvgIpc) is 2.46. The molecule has 0 fully saturated rings. The van der Waals surface area contributed by atoms with Crippen molar-refractivity contribution in [2.24, 2.45) is 0 Å². The van der Waals surface area contributed by atoms with Gasteiger partial charge in [-0.15, -0.1) is 11.6 Å². The molecule has 20 heavy (non-hydrogen) atoms. The molecular formula is C16H17ClO3. The predicted molar refractivity (Wildman–Crippen MR) is 79.6 cm³/mol. The van der Waals surface area contributed by atoms with E-state index < -0.39 is 0 Å². The number of aromatic hydroxyl groups is 1. The summed E-state index contributed by atoms with van der Waals surface area (Å²) in [6.45, 7) is 2.84. The third-order valence-corrected chi connectivity index (χ3v) is 3.09. The van der Waals surface area contributed by atoms with Gasteiger partial charge in [-0.25, -0.2) is 0 Å². The number of benzene rings is 2. The smallest absolute Gasteiger partial charge is 0.166 e. The Balaban J connectivity index is 2.19. The molecule has 2 aromatic carbocycles. The minimum absolute atomic E-state index is 0.224. The minimum atomic E-state index is 0.224. The third kappa shape index (κ3) is 3.58. The highest BCUT2D eigenvalue weighted by Gasteiger charge is 2.10. The number of phenols is 1. The van der Waals surface area contributed by atoms with E-state index >= 15 is 0 Å². The number of rotatable bonds is 6. The quantitative estimate of drug-likeness (QED) is 0.814. The first-order valence-corrected chi connectivity index (χ1v) is 6.99. The lowest BCUT2D eigenvalue weighted by molar-refractivity contribution is 0.267. The molecule has 0 atom stereocenters. The normalized spacial score (nSPS) is 10.3. The molecule has 3 nitrogen and oxygen atoms in total. The van der Waals surface area contributed by atoms with Crippen LogP contribution in [0, 0.1) is 0 Å². The summed E-state index contributed by atoms with van der Waals surface area (Å²) in [5, 5.41) is 9.45. The van der Waals surface area contributed by atoms with Gasteiger partial charge in [0.2, 0.25) is 0 Å². The Morgan fingerprint density at radius 1 is 1.10 bits per heavy atom. The fourth-order valence-electron chi connectivity index (χ4n) is 1.90. The monoisotopic (exact) mass is 292 g/mol. The standard InChI is InChI=1S/C16H17ClO3/c1-2-19-15-8-4-6-13(10-17)16(15)20-11-12-5-3-7-14(18)9-12/h3-9,18H,2,10-11H2,1H3. The second-order valence-corrected chi connectivity index (χ2v) is 4.54. The van der Waals surface area contributed by atoms with Crippen molar-refractivity contribution in [2.45, 2.75) is 19.4 Å². The largest absolute Gasteiger partial charge is 0.508 e. The van der Waals surface area contributed by atoms with E-state index in [1.165, 1.54) is 0 Å². The van der Waals surface area contributed by atoms with Crippen LogP contribution in [-0.4, -0.2) is 11.7 Å². The Morgan fingerprint density at radius 2 is 1.90 bits per heavy atom. The van der Waals surface area contributed by atoms with Gasteiger partial charge < -0.3 is 14.6 Å². The first-order chi connectivity index (χ1) is 9.74. The van der Waals surface area contributed by atoms with E-state index in [-0.39, 0.29) is 5.75 Å². The first-order valence-electron chi connectivity index (χ1n) is 6.46. The lowest BCUT2D eigenvalue weighted by Crippen LogP contribution is -2.02. The maximum Gasteiger partial charge on any atom is 0.166 e. The van der Waals surface area contributed by atoms with Gasteiger partial charge in [0, 0.05) is 5.56 Å². The molecular weight excluding hydrogens is 276 g/mol. The lowest BCUT2D eigenvalue weighted by Gasteiger charge is -2.15. The van der Waals surface area contributed by atoms with Crippen molar-refractivity contribution < 1.29 is 14.6 Å². The van der Waals surface area contributed by atoms with Crippen molar-refractivity contribution in [3.05, 3.63) is 53.6 Å². The molecule has 0 aliphatic heterocycles. The summed E-state index contributed by atoms with van der Waals surface area (Å²) >= 11 is 5.94. The Morgan fingerprint density at radius 3 is 2.60 bits per heavy atom. The number of ether oxygens (including phenoxy) is 2. The molecule has 1 N–H and O–H groups in total. The molecule has 0 bridgehead atoms. The van der Waals surface area contributed by atoms with Gasteiger partial charge in [0.15, 0.2) is 11.5 Å². The number of para-hydroxylation sites is 1. The summed E-state index contributed by atoms with van der Waals surface area (Å²) in [6, 6.07) is 12.6. The van der Waals surface area contributed by atoms with Crippen LogP contribution in [0.25, 0.3) is 0 Å². The molecule has 0 radical (unpaired) electrons. The highest BCUT2D eigenvalue weighted by Crippen LogP contribution is 2.33. The predicted octanol–water partition coefficient (Wildman–Crippen LogP) is 4.11. The maximum atomic E-state index is 9.45. The van der Waals surface area contributed by atoms with E-state index in [0.29, 0.717) is 30.6 Å². The van der Waals surface area contributed by atoms with Crippen LogP contribution >= 0.6 is 11.6 Å². The van der Waals surface area contributed by atoms with E-state index in [1.807, 2.05) is 31.2 Å². The average molecular weight is 293 g/mol. The molecule has 0 aromatic heterocycles. The van der Waals surface area contributed by atoms with Gasteiger partial charge in [0.05, 0.1) is 12.5 Å². The number of alkyl halides is 1. The van der Waals surface area contributed by atoms with Gasteiger partial charge in [-0.1, -0.05) is 24.3 Å². The summed E-state index contributed by atoms with van der Waals surface area (Å²) in [7, 11) is 0. The van der Waals surface area contributed by atoms with Gasteiger partial charge in [-0.05, 0) is 30.7 Å². The van der Waals surface area contributed by atoms with Crippen LogP contribution in [0.4, 0.5) is 0 Å². The summed E-state index contributed by atoms with van der Waals surface area (Å²) in [4.78, 5) is 0. The van der Waals surface area contributed by atoms with Crippen LogP contribution in [0.2, 0.25) is 0 Å². The van der Waals surface area contributed by atoms with Crippen LogP contribution in [-0.2, 0) is 12.5 Å². The lowest BCUT2D eigenvalue weighted by atomic mass is 10.2. The van der Waals surface area contributed by atoms with Crippen molar-refractivity contribution in [3.8, 4) is 17.2 Å². The second kappa shape index (κ2) is 7.06. The SMILES string of the molecule is CCOc1cccc(CCl)c1OCc1cccc(O)c1. The second-order valence-electron chi connectivity index (χ2n) is 4.27. The molecule has 0 unspecified atom stereocenters. The Bertz CT molecular complexity index is 569. The van der Waals surface area contributed by atoms with Gasteiger partial charge >= 0.3 is 0 Å². The van der Waals surface area contributed by atoms with Crippen LogP contribution in [0.15, 0.2) is 42.5 Å². The van der Waals surface area contributed by atoms with Crippen molar-refractivity contribution in [3.63, 3.8) is 0 Å². The van der Waals surface area contributed by atoms with Crippen LogP contribution in [0.3, 0.4) is 0 Å². The molecule has 2 aromatic rings. The molecule has 0 aliphatic rings. The van der Waals surface area contributed by atoms with Crippen molar-refractivity contribution in [1.82, 2.24) is 0 Å². The molecule has 0 saturated heterocycles. The number of halogens is 1. The van der Waals surface area contributed by atoms with Crippen LogP contribution in [0.1, 0.15) is 18.1 Å². The summed E-state index contributed by atoms with van der Waals surface area (Å²) in [6.07, 6.45) is 0. The van der Waals surface area contributed by atoms with Gasteiger partial charge in [0.25, 0.3) is 0 Å². The molecule has 0 heterocycles. The van der Waals surface area contributed by atoms with Crippen LogP contribution < -0.4 is 9.47 Å². The van der Waals surface area contributed by atoms with E-state index in [4.69, 9.17) is 21.1 Å². The van der Waals surface area contributed by atoms with Gasteiger partial charge in [-0.2, -0.15) is 0 Å². The topological polar surface area (TPSA) is 38.7 Å². The molecule has 0 aliphatic carbocycles. The van der Waals surface area contributed by atoms with Crippen molar-refractivity contribution in [1.29, 1.82) is 0 Å². The zero-order chi connectivity index (χ0) is 14.4. The summed E-state index contributed by atoms with van der Waals surface area (Å²) in [5.41, 5.74) is 1.77. The Kier molecular flexibility index (Phi) is 5.13. The zero-order valence-electron chi connectivity index (χ0n) is 11.3. The Labute approximate surface area is 123 Å². The minimum Gasteiger partial charge on any atom is -0.508 e. The van der Waals surface area contributed by atoms with Crippen molar-refractivity contribution >= 4 is 11.6 Å². The Hall–Kier alpha value is -1.87. The number of phenolic OH excluding ortho intramolecular Hbond substituents is 1. The molecule has 0 saturated carbocycles. The molecule has 106 valence electrons. The van der Waals surface area contributed by atoms with Gasteiger partial charge in [0.1, 0.15) is 12.4 Å². The molecule has 0 amide bonds. The number of hydrogen-bond donors (Lipinski definition) is 1. The van der Waals surface area contributed by atoms with Gasteiger partial charge in [-0.3, -0.25) is 0 Å². The fourth-order valence-corrected chi connectivity index (χ4v) is 2.11. The fraction of sp³-hybridized carbons (Fsp3) is 0.250. The van der Waals surface area contributed by atoms with E-state index in [2.05, 4.69) is 0 Å². The number of hydrogen-bond acceptors (Lipinski definition) is 3. The summed E-state index contributed by atoms with van der Waals surface area (Å²) in [5.74, 6) is 1.93. The van der Waals surface area contributed by atoms with Crippen molar-refractivity contribution in [2.75, 3.05) is 6.61 Å². The highest BCUT2D eigenvalue weighted by molar-refractivity contribution is 6.17.